The molecule has 0 fully saturated rings. The van der Waals surface area contributed by atoms with E-state index in [0.717, 1.165) is 35.4 Å². The number of hydrogen-bond acceptors (Lipinski definition) is 5. The number of ether oxygens (including phenoxy) is 1. The molecule has 0 N–H and O–H groups in total. The molecule has 0 radical (unpaired) electrons. The average Bonchev–Trinajstić information content (AvgIpc) is 3.46. The SMILES string of the molecule is COc1cccc(CN(Cc2ccc(-n3cccn3)cc2)c2nc(CCl)cs2)c1. The van der Waals surface area contributed by atoms with Crippen molar-refractivity contribution in [3.63, 3.8) is 0 Å². The molecule has 0 amide bonds. The Morgan fingerprint density at radius 3 is 2.59 bits per heavy atom. The number of thiazole rings is 1. The minimum Gasteiger partial charge on any atom is -0.497 e. The molecule has 2 aromatic carbocycles. The van der Waals surface area contributed by atoms with Gasteiger partial charge in [0, 0.05) is 30.9 Å². The second kappa shape index (κ2) is 9.11. The lowest BCUT2D eigenvalue weighted by Crippen LogP contribution is -2.22. The van der Waals surface area contributed by atoms with Crippen LogP contribution in [0.2, 0.25) is 0 Å². The third-order valence-corrected chi connectivity index (χ3v) is 5.76. The molecule has 0 atom stereocenters. The third-order valence-electron chi connectivity index (χ3n) is 4.53. The number of anilines is 1. The summed E-state index contributed by atoms with van der Waals surface area (Å²) in [5, 5.41) is 7.26. The molecule has 2 aromatic heterocycles. The van der Waals surface area contributed by atoms with Crippen LogP contribution in [0.1, 0.15) is 16.8 Å². The molecule has 0 saturated carbocycles. The summed E-state index contributed by atoms with van der Waals surface area (Å²) >= 11 is 7.59. The minimum absolute atomic E-state index is 0.419. The summed E-state index contributed by atoms with van der Waals surface area (Å²) in [5.74, 6) is 1.27. The molecule has 0 aliphatic heterocycles. The number of hydrogen-bond donors (Lipinski definition) is 0. The van der Waals surface area contributed by atoms with E-state index in [-0.39, 0.29) is 0 Å². The number of aromatic nitrogens is 3. The van der Waals surface area contributed by atoms with Crippen molar-refractivity contribution in [3.05, 3.63) is 89.2 Å². The number of nitrogens with zero attached hydrogens (tertiary/aromatic N) is 4. The highest BCUT2D eigenvalue weighted by Gasteiger charge is 2.13. The van der Waals surface area contributed by atoms with Crippen LogP contribution in [0.15, 0.2) is 72.4 Å². The first-order chi connectivity index (χ1) is 14.2. The van der Waals surface area contributed by atoms with Crippen molar-refractivity contribution >= 4 is 28.1 Å². The fourth-order valence-corrected chi connectivity index (χ4v) is 4.14. The maximum atomic E-state index is 5.97. The molecule has 2 heterocycles. The van der Waals surface area contributed by atoms with Gasteiger partial charge in [0.05, 0.1) is 24.4 Å². The lowest BCUT2D eigenvalue weighted by molar-refractivity contribution is 0.414. The first-order valence-electron chi connectivity index (χ1n) is 9.22. The maximum Gasteiger partial charge on any atom is 0.186 e. The zero-order valence-corrected chi connectivity index (χ0v) is 17.6. The van der Waals surface area contributed by atoms with E-state index in [9.17, 15) is 0 Å². The standard InChI is InChI=1S/C22H21ClN4OS/c1-28-21-5-2-4-18(12-21)15-26(22-25-19(13-23)16-29-22)14-17-6-8-20(9-7-17)27-11-3-10-24-27/h2-12,16H,13-15H2,1H3. The van der Waals surface area contributed by atoms with Crippen LogP contribution in [0.3, 0.4) is 0 Å². The van der Waals surface area contributed by atoms with E-state index in [1.165, 1.54) is 11.1 Å². The molecular weight excluding hydrogens is 404 g/mol. The van der Waals surface area contributed by atoms with Gasteiger partial charge in [0.2, 0.25) is 0 Å². The van der Waals surface area contributed by atoms with Crippen molar-refractivity contribution in [2.24, 2.45) is 0 Å². The number of halogens is 1. The zero-order chi connectivity index (χ0) is 20.1. The van der Waals surface area contributed by atoms with Gasteiger partial charge in [-0.05, 0) is 41.5 Å². The lowest BCUT2D eigenvalue weighted by atomic mass is 10.1. The van der Waals surface area contributed by atoms with E-state index in [2.05, 4.69) is 51.4 Å². The predicted molar refractivity (Wildman–Crippen MR) is 118 cm³/mol. The van der Waals surface area contributed by atoms with Gasteiger partial charge in [0.25, 0.3) is 0 Å². The molecule has 4 aromatic rings. The number of methoxy groups -OCH3 is 1. The smallest absolute Gasteiger partial charge is 0.186 e. The minimum atomic E-state index is 0.419. The van der Waals surface area contributed by atoms with E-state index in [1.54, 1.807) is 24.6 Å². The van der Waals surface area contributed by atoms with Crippen LogP contribution in [0.4, 0.5) is 5.13 Å². The topological polar surface area (TPSA) is 43.2 Å². The van der Waals surface area contributed by atoms with Gasteiger partial charge in [0.15, 0.2) is 5.13 Å². The van der Waals surface area contributed by atoms with Gasteiger partial charge in [-0.25, -0.2) is 9.67 Å². The molecule has 148 valence electrons. The van der Waals surface area contributed by atoms with Crippen molar-refractivity contribution in [1.29, 1.82) is 0 Å². The van der Waals surface area contributed by atoms with E-state index < -0.39 is 0 Å². The summed E-state index contributed by atoms with van der Waals surface area (Å²) in [6.07, 6.45) is 3.72. The van der Waals surface area contributed by atoms with Crippen molar-refractivity contribution in [2.75, 3.05) is 12.0 Å². The summed E-state index contributed by atoms with van der Waals surface area (Å²) in [6, 6.07) is 18.5. The molecular formula is C22H21ClN4OS. The summed E-state index contributed by atoms with van der Waals surface area (Å²) in [5.41, 5.74) is 4.31. The number of alkyl halides is 1. The Bertz CT molecular complexity index is 1050. The van der Waals surface area contributed by atoms with Gasteiger partial charge in [-0.2, -0.15) is 5.10 Å². The number of rotatable bonds is 8. The number of benzene rings is 2. The molecule has 4 rings (SSSR count). The Morgan fingerprint density at radius 2 is 1.90 bits per heavy atom. The lowest BCUT2D eigenvalue weighted by Gasteiger charge is -2.22. The molecule has 0 saturated heterocycles. The van der Waals surface area contributed by atoms with Crippen molar-refractivity contribution < 1.29 is 4.74 Å². The molecule has 0 aliphatic rings. The van der Waals surface area contributed by atoms with Gasteiger partial charge >= 0.3 is 0 Å². The maximum absolute atomic E-state index is 5.97. The summed E-state index contributed by atoms with van der Waals surface area (Å²) in [7, 11) is 1.69. The molecule has 0 bridgehead atoms. The third kappa shape index (κ3) is 4.78. The van der Waals surface area contributed by atoms with Crippen molar-refractivity contribution in [3.8, 4) is 11.4 Å². The summed E-state index contributed by atoms with van der Waals surface area (Å²) in [4.78, 5) is 6.95. The van der Waals surface area contributed by atoms with Gasteiger partial charge < -0.3 is 9.64 Å². The van der Waals surface area contributed by atoms with Crippen LogP contribution >= 0.6 is 22.9 Å². The quantitative estimate of drug-likeness (QED) is 0.361. The van der Waals surface area contributed by atoms with Gasteiger partial charge in [-0.15, -0.1) is 22.9 Å². The fraction of sp³-hybridized carbons (Fsp3) is 0.182. The zero-order valence-electron chi connectivity index (χ0n) is 16.0. The predicted octanol–water partition coefficient (Wildman–Crippen LogP) is 5.28. The van der Waals surface area contributed by atoms with Gasteiger partial charge in [0.1, 0.15) is 5.75 Å². The van der Waals surface area contributed by atoms with Crippen LogP contribution in [0.5, 0.6) is 5.75 Å². The van der Waals surface area contributed by atoms with Crippen LogP contribution < -0.4 is 9.64 Å². The Hall–Kier alpha value is -2.83. The normalized spacial score (nSPS) is 10.8. The summed E-state index contributed by atoms with van der Waals surface area (Å²) < 4.78 is 7.23. The highest BCUT2D eigenvalue weighted by Crippen LogP contribution is 2.26. The summed E-state index contributed by atoms with van der Waals surface area (Å²) in [6.45, 7) is 1.47. The Labute approximate surface area is 179 Å². The van der Waals surface area contributed by atoms with Crippen molar-refractivity contribution in [2.45, 2.75) is 19.0 Å². The van der Waals surface area contributed by atoms with Crippen LogP contribution in [-0.2, 0) is 19.0 Å². The largest absolute Gasteiger partial charge is 0.497 e. The second-order valence-electron chi connectivity index (χ2n) is 6.58. The van der Waals surface area contributed by atoms with E-state index in [4.69, 9.17) is 16.3 Å². The van der Waals surface area contributed by atoms with Crippen molar-refractivity contribution in [1.82, 2.24) is 14.8 Å². The molecule has 29 heavy (non-hydrogen) atoms. The molecule has 0 aliphatic carbocycles. The van der Waals surface area contributed by atoms with Gasteiger partial charge in [-0.3, -0.25) is 0 Å². The van der Waals surface area contributed by atoms with Gasteiger partial charge in [-0.1, -0.05) is 24.3 Å². The average molecular weight is 425 g/mol. The highest BCUT2D eigenvalue weighted by molar-refractivity contribution is 7.13. The Kier molecular flexibility index (Phi) is 6.12. The Balaban J connectivity index is 1.57. The van der Waals surface area contributed by atoms with E-state index in [0.29, 0.717) is 5.88 Å². The Morgan fingerprint density at radius 1 is 1.07 bits per heavy atom. The van der Waals surface area contributed by atoms with Crippen LogP contribution in [-0.4, -0.2) is 21.9 Å². The fourth-order valence-electron chi connectivity index (χ4n) is 3.08. The highest BCUT2D eigenvalue weighted by atomic mass is 35.5. The van der Waals surface area contributed by atoms with E-state index >= 15 is 0 Å². The first-order valence-corrected chi connectivity index (χ1v) is 10.6. The van der Waals surface area contributed by atoms with Crippen LogP contribution in [0, 0.1) is 0 Å². The molecule has 7 heteroatoms. The second-order valence-corrected chi connectivity index (χ2v) is 7.68. The monoisotopic (exact) mass is 424 g/mol. The molecule has 5 nitrogen and oxygen atoms in total. The van der Waals surface area contributed by atoms with Crippen LogP contribution in [0.25, 0.3) is 5.69 Å². The molecule has 0 spiro atoms. The molecule has 0 unspecified atom stereocenters. The van der Waals surface area contributed by atoms with E-state index in [1.807, 2.05) is 34.5 Å². The first kappa shape index (κ1) is 19.5.